The number of para-hydroxylation sites is 1. The van der Waals surface area contributed by atoms with Crippen molar-refractivity contribution in [1.29, 1.82) is 0 Å². The number of benzene rings is 3. The lowest BCUT2D eigenvalue weighted by Crippen LogP contribution is -2.18. The van der Waals surface area contributed by atoms with E-state index in [1.54, 1.807) is 30.3 Å². The topological polar surface area (TPSA) is 93.7 Å². The highest BCUT2D eigenvalue weighted by molar-refractivity contribution is 7.92. The van der Waals surface area contributed by atoms with Gasteiger partial charge in [-0.1, -0.05) is 23.7 Å². The molecule has 3 aromatic rings. The molecular weight excluding hydrogens is 435 g/mol. The average molecular weight is 449 g/mol. The second kappa shape index (κ2) is 7.85. The molecule has 0 saturated carbocycles. The number of hydrogen-bond donors (Lipinski definition) is 2. The molecule has 0 saturated heterocycles. The maximum atomic E-state index is 13.4. The van der Waals surface area contributed by atoms with Crippen LogP contribution in [0.3, 0.4) is 0 Å². The van der Waals surface area contributed by atoms with E-state index in [0.29, 0.717) is 17.2 Å². The number of carbonyl (C=O) groups is 1. The molecule has 7 nitrogen and oxygen atoms in total. The van der Waals surface area contributed by atoms with E-state index in [0.717, 1.165) is 18.2 Å². The maximum absolute atomic E-state index is 13.4. The van der Waals surface area contributed by atoms with Crippen LogP contribution in [-0.2, 0) is 10.0 Å². The van der Waals surface area contributed by atoms with E-state index >= 15 is 0 Å². The van der Waals surface area contributed by atoms with Crippen LogP contribution in [0, 0.1) is 5.82 Å². The minimum atomic E-state index is -4.11. The molecule has 0 fully saturated rings. The summed E-state index contributed by atoms with van der Waals surface area (Å²) < 4.78 is 51.6. The number of fused-ring (bicyclic) bond motifs is 1. The van der Waals surface area contributed by atoms with E-state index in [2.05, 4.69) is 10.0 Å². The molecule has 1 amide bonds. The average Bonchev–Trinajstić information content (AvgIpc) is 3.18. The summed E-state index contributed by atoms with van der Waals surface area (Å²) >= 11 is 5.68. The molecule has 154 valence electrons. The zero-order chi connectivity index (χ0) is 21.3. The molecule has 1 heterocycles. The molecule has 0 bridgehead atoms. The van der Waals surface area contributed by atoms with Crippen LogP contribution >= 0.6 is 11.6 Å². The number of amides is 1. The minimum absolute atomic E-state index is 0.0520. The molecule has 0 aliphatic carbocycles. The highest BCUT2D eigenvalue weighted by atomic mass is 35.5. The van der Waals surface area contributed by atoms with Gasteiger partial charge < -0.3 is 14.8 Å². The first-order valence-electron chi connectivity index (χ1n) is 8.61. The van der Waals surface area contributed by atoms with Crippen molar-refractivity contribution in [2.24, 2.45) is 0 Å². The third kappa shape index (κ3) is 4.03. The van der Waals surface area contributed by atoms with Gasteiger partial charge in [-0.2, -0.15) is 0 Å². The third-order valence-corrected chi connectivity index (χ3v) is 5.90. The first-order chi connectivity index (χ1) is 14.3. The summed E-state index contributed by atoms with van der Waals surface area (Å²) in [6, 6.07) is 14.0. The largest absolute Gasteiger partial charge is 0.454 e. The summed E-state index contributed by atoms with van der Waals surface area (Å²) in [5.74, 6) is -0.211. The highest BCUT2D eigenvalue weighted by Crippen LogP contribution is 2.34. The van der Waals surface area contributed by atoms with Crippen molar-refractivity contribution in [3.8, 4) is 11.5 Å². The van der Waals surface area contributed by atoms with Crippen LogP contribution in [-0.4, -0.2) is 21.1 Å². The molecule has 3 aromatic carbocycles. The fourth-order valence-corrected chi connectivity index (χ4v) is 4.14. The van der Waals surface area contributed by atoms with E-state index in [-0.39, 0.29) is 28.0 Å². The van der Waals surface area contributed by atoms with Crippen LogP contribution in [0.2, 0.25) is 5.02 Å². The highest BCUT2D eigenvalue weighted by Gasteiger charge is 2.20. The van der Waals surface area contributed by atoms with Crippen molar-refractivity contribution in [1.82, 2.24) is 0 Å². The van der Waals surface area contributed by atoms with Gasteiger partial charge in [0, 0.05) is 11.8 Å². The Kier molecular flexibility index (Phi) is 5.23. The van der Waals surface area contributed by atoms with Gasteiger partial charge in [0.15, 0.2) is 11.5 Å². The number of sulfonamides is 1. The molecule has 0 radical (unpaired) electrons. The standard InChI is InChI=1S/C20H14ClFN2O5S/c21-15-10-13(6-7-16(15)22)30(26,27)24-17-4-2-1-3-14(17)20(25)23-12-5-8-18-19(9-12)29-11-28-18/h1-10,24H,11H2,(H,23,25). The smallest absolute Gasteiger partial charge is 0.261 e. The zero-order valence-electron chi connectivity index (χ0n) is 15.2. The number of anilines is 2. The van der Waals surface area contributed by atoms with Crippen LogP contribution in [0.5, 0.6) is 11.5 Å². The van der Waals surface area contributed by atoms with Gasteiger partial charge >= 0.3 is 0 Å². The summed E-state index contributed by atoms with van der Waals surface area (Å²) in [6.07, 6.45) is 0. The van der Waals surface area contributed by atoms with Crippen molar-refractivity contribution < 1.29 is 27.1 Å². The van der Waals surface area contributed by atoms with E-state index in [4.69, 9.17) is 21.1 Å². The Balaban J connectivity index is 1.59. The fraction of sp³-hybridized carbons (Fsp3) is 0.0500. The van der Waals surface area contributed by atoms with Crippen LogP contribution in [0.15, 0.2) is 65.6 Å². The van der Waals surface area contributed by atoms with Gasteiger partial charge in [0.05, 0.1) is 21.2 Å². The summed E-state index contributed by atoms with van der Waals surface area (Å²) in [6.45, 7) is 0.102. The molecule has 1 aliphatic rings. The number of hydrogen-bond acceptors (Lipinski definition) is 5. The summed E-state index contributed by atoms with van der Waals surface area (Å²) in [5.41, 5.74) is 0.593. The summed E-state index contributed by atoms with van der Waals surface area (Å²) in [7, 11) is -4.11. The second-order valence-corrected chi connectivity index (χ2v) is 8.34. The number of halogens is 2. The molecule has 0 unspecified atom stereocenters. The fourth-order valence-electron chi connectivity index (χ4n) is 2.79. The van der Waals surface area contributed by atoms with Crippen LogP contribution < -0.4 is 19.5 Å². The van der Waals surface area contributed by atoms with Crippen molar-refractivity contribution in [3.05, 3.63) is 77.1 Å². The van der Waals surface area contributed by atoms with Gasteiger partial charge in [-0.25, -0.2) is 12.8 Å². The van der Waals surface area contributed by atoms with Gasteiger partial charge in [-0.15, -0.1) is 0 Å². The molecule has 10 heteroatoms. The Morgan fingerprint density at radius 1 is 1.00 bits per heavy atom. The molecular formula is C20H14ClFN2O5S. The predicted molar refractivity (Wildman–Crippen MR) is 109 cm³/mol. The Bertz CT molecular complexity index is 1250. The van der Waals surface area contributed by atoms with Gasteiger partial charge in [-0.3, -0.25) is 9.52 Å². The van der Waals surface area contributed by atoms with Gasteiger partial charge in [-0.05, 0) is 42.5 Å². The number of carbonyl (C=O) groups excluding carboxylic acids is 1. The van der Waals surface area contributed by atoms with Crippen LogP contribution in [0.25, 0.3) is 0 Å². The van der Waals surface area contributed by atoms with E-state index in [1.165, 1.54) is 12.1 Å². The number of nitrogens with one attached hydrogen (secondary N) is 2. The molecule has 30 heavy (non-hydrogen) atoms. The van der Waals surface area contributed by atoms with Crippen molar-refractivity contribution >= 4 is 38.9 Å². The Labute approximate surface area is 176 Å². The molecule has 0 spiro atoms. The first kappa shape index (κ1) is 20.0. The van der Waals surface area contributed by atoms with Crippen LogP contribution in [0.1, 0.15) is 10.4 Å². The number of ether oxygens (including phenoxy) is 2. The lowest BCUT2D eigenvalue weighted by atomic mass is 10.1. The zero-order valence-corrected chi connectivity index (χ0v) is 16.8. The maximum Gasteiger partial charge on any atom is 0.261 e. The molecule has 1 aliphatic heterocycles. The monoisotopic (exact) mass is 448 g/mol. The SMILES string of the molecule is O=C(Nc1ccc2c(c1)OCO2)c1ccccc1NS(=O)(=O)c1ccc(F)c(Cl)c1. The van der Waals surface area contributed by atoms with Gasteiger partial charge in [0.1, 0.15) is 5.82 Å². The Hall–Kier alpha value is -3.30. The predicted octanol–water partition coefficient (Wildman–Crippen LogP) is 4.26. The van der Waals surface area contributed by atoms with Crippen molar-refractivity contribution in [3.63, 3.8) is 0 Å². The molecule has 0 aromatic heterocycles. The quantitative estimate of drug-likeness (QED) is 0.608. The minimum Gasteiger partial charge on any atom is -0.454 e. The van der Waals surface area contributed by atoms with E-state index in [9.17, 15) is 17.6 Å². The van der Waals surface area contributed by atoms with E-state index in [1.807, 2.05) is 0 Å². The van der Waals surface area contributed by atoms with E-state index < -0.39 is 21.7 Å². The normalized spacial score (nSPS) is 12.5. The van der Waals surface area contributed by atoms with Gasteiger partial charge in [0.2, 0.25) is 6.79 Å². The summed E-state index contributed by atoms with van der Waals surface area (Å²) in [5, 5.41) is 2.36. The molecule has 2 N–H and O–H groups in total. The molecule has 0 atom stereocenters. The lowest BCUT2D eigenvalue weighted by molar-refractivity contribution is 0.102. The second-order valence-electron chi connectivity index (χ2n) is 6.25. The third-order valence-electron chi connectivity index (χ3n) is 4.25. The Morgan fingerprint density at radius 2 is 1.77 bits per heavy atom. The van der Waals surface area contributed by atoms with Crippen LogP contribution in [0.4, 0.5) is 15.8 Å². The molecule has 4 rings (SSSR count). The van der Waals surface area contributed by atoms with Crippen molar-refractivity contribution in [2.75, 3.05) is 16.8 Å². The Morgan fingerprint density at radius 3 is 2.57 bits per heavy atom. The summed E-state index contributed by atoms with van der Waals surface area (Å²) in [4.78, 5) is 12.5. The first-order valence-corrected chi connectivity index (χ1v) is 10.5. The van der Waals surface area contributed by atoms with Crippen molar-refractivity contribution in [2.45, 2.75) is 4.90 Å². The number of rotatable bonds is 5. The van der Waals surface area contributed by atoms with Gasteiger partial charge in [0.25, 0.3) is 15.9 Å². The lowest BCUT2D eigenvalue weighted by Gasteiger charge is -2.13.